The van der Waals surface area contributed by atoms with Gasteiger partial charge >= 0.3 is 5.97 Å². The third-order valence-electron chi connectivity index (χ3n) is 4.30. The molecule has 7 heteroatoms. The van der Waals surface area contributed by atoms with Gasteiger partial charge in [-0.2, -0.15) is 0 Å². The lowest BCUT2D eigenvalue weighted by Gasteiger charge is -2.20. The molecule has 1 amide bonds. The van der Waals surface area contributed by atoms with Crippen LogP contribution in [-0.2, 0) is 14.3 Å². The summed E-state index contributed by atoms with van der Waals surface area (Å²) in [5.41, 5.74) is 1.62. The number of ether oxygens (including phenoxy) is 3. The molecule has 0 aliphatic carbocycles. The first kappa shape index (κ1) is 21.1. The average molecular weight is 408 g/mol. The van der Waals surface area contributed by atoms with Crippen molar-refractivity contribution in [2.75, 3.05) is 20.7 Å². The molecule has 1 aliphatic heterocycles. The van der Waals surface area contributed by atoms with Gasteiger partial charge in [-0.15, -0.1) is 0 Å². The topological polar surface area (TPSA) is 77.4 Å². The van der Waals surface area contributed by atoms with Gasteiger partial charge < -0.3 is 19.1 Å². The first-order valence-corrected chi connectivity index (χ1v) is 9.61. The number of aliphatic imine (C=N–C) groups is 1. The first-order valence-electron chi connectivity index (χ1n) is 9.61. The Hall–Kier alpha value is -3.61. The van der Waals surface area contributed by atoms with Gasteiger partial charge in [0.15, 0.2) is 23.3 Å². The summed E-state index contributed by atoms with van der Waals surface area (Å²) >= 11 is 0. The highest BCUT2D eigenvalue weighted by molar-refractivity contribution is 6.12. The number of nitrogens with zero attached hydrogens (tertiary/aromatic N) is 2. The van der Waals surface area contributed by atoms with Gasteiger partial charge in [0, 0.05) is 19.7 Å². The molecule has 1 unspecified atom stereocenters. The predicted molar refractivity (Wildman–Crippen MR) is 113 cm³/mol. The van der Waals surface area contributed by atoms with Gasteiger partial charge in [0.05, 0.1) is 6.61 Å². The number of cyclic esters (lactones) is 1. The Morgan fingerprint density at radius 2 is 1.90 bits per heavy atom. The van der Waals surface area contributed by atoms with E-state index in [-0.39, 0.29) is 17.5 Å². The minimum Gasteiger partial charge on any atom is -0.490 e. The van der Waals surface area contributed by atoms with Gasteiger partial charge in [0.2, 0.25) is 5.90 Å². The number of benzene rings is 2. The molecule has 0 bridgehead atoms. The molecule has 1 heterocycles. The molecule has 0 saturated carbocycles. The molecule has 3 rings (SSSR count). The number of hydrogen-bond donors (Lipinski definition) is 0. The summed E-state index contributed by atoms with van der Waals surface area (Å²) in [4.78, 5) is 30.1. The van der Waals surface area contributed by atoms with Crippen molar-refractivity contribution in [2.45, 2.75) is 20.0 Å². The van der Waals surface area contributed by atoms with Gasteiger partial charge in [-0.3, -0.25) is 4.79 Å². The standard InChI is InChI=1S/C23H24N2O5/c1-5-28-20-14-16(11-12-19(20)29-15(2)22(26)25(3)4)13-18-23(27)30-21(24-18)17-9-7-6-8-10-17/h6-15H,5H2,1-4H3/b18-13-. The molecule has 156 valence electrons. The summed E-state index contributed by atoms with van der Waals surface area (Å²) in [6.07, 6.45) is 0.963. The molecule has 2 aromatic rings. The quantitative estimate of drug-likeness (QED) is 0.519. The maximum Gasteiger partial charge on any atom is 0.363 e. The fourth-order valence-corrected chi connectivity index (χ4v) is 2.86. The molecule has 0 fully saturated rings. The van der Waals surface area contributed by atoms with Crippen LogP contribution >= 0.6 is 0 Å². The number of esters is 1. The van der Waals surface area contributed by atoms with Crippen LogP contribution in [0.5, 0.6) is 11.5 Å². The molecule has 7 nitrogen and oxygen atoms in total. The number of carbonyl (C=O) groups excluding carboxylic acids is 2. The second-order valence-corrected chi connectivity index (χ2v) is 6.83. The Morgan fingerprint density at radius 3 is 2.57 bits per heavy atom. The highest BCUT2D eigenvalue weighted by atomic mass is 16.6. The zero-order chi connectivity index (χ0) is 21.7. The molecule has 0 saturated heterocycles. The molecule has 0 spiro atoms. The van der Waals surface area contributed by atoms with E-state index in [0.29, 0.717) is 23.7 Å². The molecular weight excluding hydrogens is 384 g/mol. The van der Waals surface area contributed by atoms with Crippen LogP contribution in [0.25, 0.3) is 6.08 Å². The summed E-state index contributed by atoms with van der Waals surface area (Å²) in [6, 6.07) is 14.4. The molecule has 2 aromatic carbocycles. The Labute approximate surface area is 175 Å². The van der Waals surface area contributed by atoms with Gasteiger partial charge in [-0.25, -0.2) is 9.79 Å². The van der Waals surface area contributed by atoms with Crippen LogP contribution in [0.3, 0.4) is 0 Å². The molecule has 30 heavy (non-hydrogen) atoms. The van der Waals surface area contributed by atoms with Gasteiger partial charge in [-0.1, -0.05) is 24.3 Å². The fraction of sp³-hybridized carbons (Fsp3) is 0.261. The van der Waals surface area contributed by atoms with Crippen molar-refractivity contribution in [3.63, 3.8) is 0 Å². The highest BCUT2D eigenvalue weighted by Crippen LogP contribution is 2.31. The lowest BCUT2D eigenvalue weighted by Crippen LogP contribution is -2.35. The molecule has 1 aliphatic rings. The third-order valence-corrected chi connectivity index (χ3v) is 4.30. The molecular formula is C23H24N2O5. The van der Waals surface area contributed by atoms with Crippen LogP contribution in [0, 0.1) is 0 Å². The van der Waals surface area contributed by atoms with E-state index in [0.717, 1.165) is 5.56 Å². The van der Waals surface area contributed by atoms with E-state index in [4.69, 9.17) is 14.2 Å². The van der Waals surface area contributed by atoms with Crippen molar-refractivity contribution in [1.82, 2.24) is 4.90 Å². The van der Waals surface area contributed by atoms with Crippen LogP contribution in [0.15, 0.2) is 59.2 Å². The number of likely N-dealkylation sites (N-methyl/N-ethyl adjacent to an activating group) is 1. The van der Waals surface area contributed by atoms with Crippen LogP contribution < -0.4 is 9.47 Å². The van der Waals surface area contributed by atoms with Gasteiger partial charge in [-0.05, 0) is 49.8 Å². The number of amides is 1. The summed E-state index contributed by atoms with van der Waals surface area (Å²) in [6.45, 7) is 3.96. The highest BCUT2D eigenvalue weighted by Gasteiger charge is 2.24. The predicted octanol–water partition coefficient (Wildman–Crippen LogP) is 3.29. The monoisotopic (exact) mass is 408 g/mol. The first-order chi connectivity index (χ1) is 14.4. The normalized spacial score (nSPS) is 15.4. The van der Waals surface area contributed by atoms with E-state index in [1.165, 1.54) is 4.90 Å². The Bertz CT molecular complexity index is 996. The van der Waals surface area contributed by atoms with E-state index >= 15 is 0 Å². The Morgan fingerprint density at radius 1 is 1.17 bits per heavy atom. The van der Waals surface area contributed by atoms with Crippen LogP contribution in [0.2, 0.25) is 0 Å². The third kappa shape index (κ3) is 4.86. The van der Waals surface area contributed by atoms with Crippen molar-refractivity contribution in [3.05, 3.63) is 65.4 Å². The van der Waals surface area contributed by atoms with Gasteiger partial charge in [0.1, 0.15) is 0 Å². The smallest absolute Gasteiger partial charge is 0.363 e. The fourth-order valence-electron chi connectivity index (χ4n) is 2.86. The maximum atomic E-state index is 12.2. The zero-order valence-electron chi connectivity index (χ0n) is 17.4. The summed E-state index contributed by atoms with van der Waals surface area (Å²) in [7, 11) is 3.34. The minimum atomic E-state index is -0.661. The lowest BCUT2D eigenvalue weighted by molar-refractivity contribution is -0.135. The van der Waals surface area contributed by atoms with E-state index < -0.39 is 12.1 Å². The van der Waals surface area contributed by atoms with Crippen molar-refractivity contribution in [1.29, 1.82) is 0 Å². The lowest BCUT2D eigenvalue weighted by atomic mass is 10.1. The Kier molecular flexibility index (Phi) is 6.51. The van der Waals surface area contributed by atoms with Gasteiger partial charge in [0.25, 0.3) is 5.91 Å². The molecule has 0 N–H and O–H groups in total. The number of carbonyl (C=O) groups is 2. The second-order valence-electron chi connectivity index (χ2n) is 6.83. The Balaban J connectivity index is 1.86. The van der Waals surface area contributed by atoms with Crippen LogP contribution in [-0.4, -0.2) is 49.5 Å². The van der Waals surface area contributed by atoms with E-state index in [1.54, 1.807) is 45.3 Å². The maximum absolute atomic E-state index is 12.2. The summed E-state index contributed by atoms with van der Waals surface area (Å²) in [5.74, 6) is 0.526. The summed E-state index contributed by atoms with van der Waals surface area (Å²) in [5, 5.41) is 0. The molecule has 1 atom stereocenters. The number of rotatable bonds is 7. The van der Waals surface area contributed by atoms with E-state index in [1.807, 2.05) is 37.3 Å². The van der Waals surface area contributed by atoms with Crippen molar-refractivity contribution >= 4 is 23.9 Å². The van der Waals surface area contributed by atoms with E-state index in [9.17, 15) is 9.59 Å². The number of hydrogen-bond acceptors (Lipinski definition) is 6. The van der Waals surface area contributed by atoms with Crippen molar-refractivity contribution in [3.8, 4) is 11.5 Å². The largest absolute Gasteiger partial charge is 0.490 e. The average Bonchev–Trinajstić information content (AvgIpc) is 3.10. The van der Waals surface area contributed by atoms with Crippen molar-refractivity contribution in [2.24, 2.45) is 4.99 Å². The SMILES string of the molecule is CCOc1cc(/C=C2\N=C(c3ccccc3)OC2=O)ccc1OC(C)C(=O)N(C)C. The van der Waals surface area contributed by atoms with E-state index in [2.05, 4.69) is 4.99 Å². The second kappa shape index (κ2) is 9.26. The zero-order valence-corrected chi connectivity index (χ0v) is 17.4. The molecule has 0 aromatic heterocycles. The van der Waals surface area contributed by atoms with Crippen LogP contribution in [0.4, 0.5) is 0 Å². The van der Waals surface area contributed by atoms with Crippen LogP contribution in [0.1, 0.15) is 25.0 Å². The summed E-state index contributed by atoms with van der Waals surface area (Å²) < 4.78 is 16.7. The molecule has 0 radical (unpaired) electrons. The van der Waals surface area contributed by atoms with Crippen molar-refractivity contribution < 1.29 is 23.8 Å². The minimum absolute atomic E-state index is 0.153.